The van der Waals surface area contributed by atoms with E-state index in [1.807, 2.05) is 17.2 Å². The highest BCUT2D eigenvalue weighted by Crippen LogP contribution is 2.27. The van der Waals surface area contributed by atoms with E-state index in [0.717, 1.165) is 11.1 Å². The van der Waals surface area contributed by atoms with Crippen LogP contribution in [0.3, 0.4) is 0 Å². The number of morpholine rings is 1. The molecule has 2 aromatic rings. The first kappa shape index (κ1) is 18.3. The molecular weight excluding hydrogens is 338 g/mol. The van der Waals surface area contributed by atoms with Crippen LogP contribution < -0.4 is 0 Å². The molecule has 1 amide bonds. The van der Waals surface area contributed by atoms with Crippen molar-refractivity contribution in [1.82, 2.24) is 14.8 Å². The Balaban J connectivity index is 1.44. The number of carbonyl (C=O) groups excluding carboxylic acids is 1. The number of nitrogens with zero attached hydrogens (tertiary/aromatic N) is 2. The Morgan fingerprint density at radius 3 is 2.41 bits per heavy atom. The van der Waals surface area contributed by atoms with E-state index in [0.29, 0.717) is 38.0 Å². The zero-order chi connectivity index (χ0) is 18.6. The van der Waals surface area contributed by atoms with Crippen molar-refractivity contribution in [2.24, 2.45) is 0 Å². The molecule has 5 heteroatoms. The van der Waals surface area contributed by atoms with Gasteiger partial charge in [0, 0.05) is 25.3 Å². The lowest BCUT2D eigenvalue weighted by Crippen LogP contribution is -2.40. The van der Waals surface area contributed by atoms with Crippen LogP contribution in [0.2, 0.25) is 0 Å². The summed E-state index contributed by atoms with van der Waals surface area (Å²) in [6.45, 7) is 7.27. The molecule has 144 valence electrons. The van der Waals surface area contributed by atoms with Gasteiger partial charge in [-0.25, -0.2) is 0 Å². The number of nitrogens with one attached hydrogen (secondary N) is 1. The van der Waals surface area contributed by atoms with Gasteiger partial charge in [0.25, 0.3) is 5.91 Å². The average molecular weight is 367 g/mol. The first-order valence-electron chi connectivity index (χ1n) is 10.1. The van der Waals surface area contributed by atoms with Gasteiger partial charge in [-0.1, -0.05) is 30.7 Å². The molecule has 2 aliphatic heterocycles. The monoisotopic (exact) mass is 367 g/mol. The molecule has 27 heavy (non-hydrogen) atoms. The van der Waals surface area contributed by atoms with Crippen LogP contribution in [0.15, 0.2) is 36.5 Å². The number of hydrogen-bond acceptors (Lipinski definition) is 3. The number of hydrogen-bond donors (Lipinski definition) is 1. The van der Waals surface area contributed by atoms with E-state index < -0.39 is 0 Å². The average Bonchev–Trinajstić information content (AvgIpc) is 3.24. The molecule has 3 heterocycles. The molecule has 5 nitrogen and oxygen atoms in total. The number of amides is 1. The van der Waals surface area contributed by atoms with Gasteiger partial charge in [0.15, 0.2) is 0 Å². The van der Waals surface area contributed by atoms with Gasteiger partial charge in [-0.15, -0.1) is 0 Å². The van der Waals surface area contributed by atoms with Crippen LogP contribution in [0.5, 0.6) is 0 Å². The van der Waals surface area contributed by atoms with E-state index in [1.54, 1.807) is 0 Å². The Morgan fingerprint density at radius 1 is 1.00 bits per heavy atom. The molecular formula is C22H29N3O2. The Hall–Kier alpha value is -2.11. The Kier molecular flexibility index (Phi) is 5.60. The second-order valence-corrected chi connectivity index (χ2v) is 7.60. The number of H-pyrrole nitrogens is 1. The maximum Gasteiger partial charge on any atom is 0.270 e. The van der Waals surface area contributed by atoms with Crippen LogP contribution in [-0.4, -0.2) is 60.1 Å². The minimum Gasteiger partial charge on any atom is -0.378 e. The molecule has 0 spiro atoms. The zero-order valence-electron chi connectivity index (χ0n) is 16.1. The van der Waals surface area contributed by atoms with Gasteiger partial charge in [-0.2, -0.15) is 0 Å². The van der Waals surface area contributed by atoms with E-state index in [1.165, 1.54) is 37.9 Å². The van der Waals surface area contributed by atoms with E-state index in [2.05, 4.69) is 41.1 Å². The van der Waals surface area contributed by atoms with E-state index in [-0.39, 0.29) is 5.91 Å². The fourth-order valence-electron chi connectivity index (χ4n) is 4.09. The van der Waals surface area contributed by atoms with Gasteiger partial charge in [-0.05, 0) is 55.6 Å². The van der Waals surface area contributed by atoms with Crippen molar-refractivity contribution < 1.29 is 9.53 Å². The maximum atomic E-state index is 12.6. The summed E-state index contributed by atoms with van der Waals surface area (Å²) in [6, 6.07) is 11.2. The van der Waals surface area contributed by atoms with Crippen molar-refractivity contribution >= 4 is 5.91 Å². The lowest BCUT2D eigenvalue weighted by Gasteiger charge is -2.32. The van der Waals surface area contributed by atoms with Crippen LogP contribution >= 0.6 is 0 Å². The van der Waals surface area contributed by atoms with Crippen LogP contribution in [0.25, 0.3) is 11.1 Å². The summed E-state index contributed by atoms with van der Waals surface area (Å²) in [4.78, 5) is 20.2. The van der Waals surface area contributed by atoms with Crippen molar-refractivity contribution in [2.45, 2.75) is 32.2 Å². The molecule has 2 fully saturated rings. The molecule has 0 bridgehead atoms. The number of aromatic amines is 1. The van der Waals surface area contributed by atoms with E-state index in [4.69, 9.17) is 4.74 Å². The fraction of sp³-hybridized carbons (Fsp3) is 0.500. The molecule has 0 aliphatic carbocycles. The number of ether oxygens (including phenoxy) is 1. The van der Waals surface area contributed by atoms with Crippen molar-refractivity contribution in [3.05, 3.63) is 47.8 Å². The van der Waals surface area contributed by atoms with Gasteiger partial charge in [0.2, 0.25) is 0 Å². The molecule has 1 aromatic heterocycles. The highest BCUT2D eigenvalue weighted by molar-refractivity contribution is 5.94. The lowest BCUT2D eigenvalue weighted by atomic mass is 10.00. The maximum absolute atomic E-state index is 12.6. The highest BCUT2D eigenvalue weighted by Gasteiger charge is 2.21. The SMILES string of the molecule is C[C@@H](c1ccc(-c2c[nH]c(C(=O)N3CCOCC3)c2)cc1)N1CCCCC1. The third-order valence-corrected chi connectivity index (χ3v) is 5.88. The smallest absolute Gasteiger partial charge is 0.270 e. The minimum absolute atomic E-state index is 0.0555. The van der Waals surface area contributed by atoms with Crippen molar-refractivity contribution in [2.75, 3.05) is 39.4 Å². The fourth-order valence-corrected chi connectivity index (χ4v) is 4.09. The second kappa shape index (κ2) is 8.28. The lowest BCUT2D eigenvalue weighted by molar-refractivity contribution is 0.0299. The normalized spacial score (nSPS) is 19.8. The molecule has 4 rings (SSSR count). The third kappa shape index (κ3) is 4.09. The predicted octanol–water partition coefficient (Wildman–Crippen LogP) is 3.70. The molecule has 2 aliphatic rings. The zero-order valence-corrected chi connectivity index (χ0v) is 16.1. The van der Waals surface area contributed by atoms with Crippen LogP contribution in [0.4, 0.5) is 0 Å². The van der Waals surface area contributed by atoms with Gasteiger partial charge in [0.05, 0.1) is 13.2 Å². The largest absolute Gasteiger partial charge is 0.378 e. The predicted molar refractivity (Wildman–Crippen MR) is 107 cm³/mol. The summed E-state index contributed by atoms with van der Waals surface area (Å²) in [5.74, 6) is 0.0555. The Labute approximate surface area is 161 Å². The quantitative estimate of drug-likeness (QED) is 0.896. The van der Waals surface area contributed by atoms with Crippen LogP contribution in [0, 0.1) is 0 Å². The summed E-state index contributed by atoms with van der Waals surface area (Å²) in [5, 5.41) is 0. The molecule has 1 atom stereocenters. The first-order valence-corrected chi connectivity index (χ1v) is 10.1. The molecule has 1 aromatic carbocycles. The number of piperidine rings is 1. The van der Waals surface area contributed by atoms with Gasteiger partial charge >= 0.3 is 0 Å². The first-order chi connectivity index (χ1) is 13.2. The second-order valence-electron chi connectivity index (χ2n) is 7.60. The van der Waals surface area contributed by atoms with Crippen molar-refractivity contribution in [3.63, 3.8) is 0 Å². The third-order valence-electron chi connectivity index (χ3n) is 5.88. The van der Waals surface area contributed by atoms with Crippen LogP contribution in [0.1, 0.15) is 48.3 Å². The topological polar surface area (TPSA) is 48.6 Å². The summed E-state index contributed by atoms with van der Waals surface area (Å²) in [7, 11) is 0. The molecule has 2 saturated heterocycles. The molecule has 0 saturated carbocycles. The number of aromatic nitrogens is 1. The Bertz CT molecular complexity index is 756. The number of carbonyl (C=O) groups is 1. The number of likely N-dealkylation sites (tertiary alicyclic amines) is 1. The molecule has 0 radical (unpaired) electrons. The number of rotatable bonds is 4. The van der Waals surface area contributed by atoms with Crippen molar-refractivity contribution in [1.29, 1.82) is 0 Å². The number of benzene rings is 1. The standard InChI is InChI=1S/C22H29N3O2/c1-17(24-9-3-2-4-10-24)18-5-7-19(8-6-18)20-15-21(23-16-20)22(26)25-11-13-27-14-12-25/h5-8,15-17,23H,2-4,9-14H2,1H3/t17-/m0/s1. The highest BCUT2D eigenvalue weighted by atomic mass is 16.5. The summed E-state index contributed by atoms with van der Waals surface area (Å²) in [6.07, 6.45) is 5.91. The summed E-state index contributed by atoms with van der Waals surface area (Å²) >= 11 is 0. The molecule has 1 N–H and O–H groups in total. The van der Waals surface area contributed by atoms with E-state index in [9.17, 15) is 4.79 Å². The van der Waals surface area contributed by atoms with E-state index >= 15 is 0 Å². The van der Waals surface area contributed by atoms with Crippen molar-refractivity contribution in [3.8, 4) is 11.1 Å². The minimum atomic E-state index is 0.0555. The van der Waals surface area contributed by atoms with Crippen LogP contribution in [-0.2, 0) is 4.74 Å². The van der Waals surface area contributed by atoms with Gasteiger partial charge in [0.1, 0.15) is 5.69 Å². The summed E-state index contributed by atoms with van der Waals surface area (Å²) < 4.78 is 5.33. The Morgan fingerprint density at radius 2 is 1.70 bits per heavy atom. The molecule has 0 unspecified atom stereocenters. The van der Waals surface area contributed by atoms with Gasteiger partial charge in [-0.3, -0.25) is 9.69 Å². The summed E-state index contributed by atoms with van der Waals surface area (Å²) in [5.41, 5.74) is 4.21. The van der Waals surface area contributed by atoms with Gasteiger partial charge < -0.3 is 14.6 Å².